The highest BCUT2D eigenvalue weighted by atomic mass is 32.2. The number of hydrogen-bond donors (Lipinski definition) is 4. The van der Waals surface area contributed by atoms with Gasteiger partial charge in [-0.2, -0.15) is 11.8 Å². The van der Waals surface area contributed by atoms with Crippen molar-refractivity contribution in [2.45, 2.75) is 64.5 Å². The van der Waals surface area contributed by atoms with Crippen molar-refractivity contribution < 1.29 is 19.5 Å². The largest absolute Gasteiger partial charge is 0.480 e. The standard InChI is InChI=1S/C19H35N3O4S/c1-4-12(2)16(19(25)26)22-17(23)14-7-5-13(6-8-14)11-21-18(24)15(20)9-10-27-3/h12-16H,4-11,20H2,1-3H3,(H,21,24)(H,22,23)(H,25,26). The third-order valence-corrected chi connectivity index (χ3v) is 6.17. The summed E-state index contributed by atoms with van der Waals surface area (Å²) in [6, 6.07) is -1.30. The molecule has 0 bridgehead atoms. The number of nitrogens with two attached hydrogens (primary N) is 1. The normalized spacial score (nSPS) is 23.1. The molecule has 0 spiro atoms. The first-order valence-corrected chi connectivity index (χ1v) is 11.2. The van der Waals surface area contributed by atoms with Crippen LogP contribution in [0.3, 0.4) is 0 Å². The molecule has 0 aromatic carbocycles. The summed E-state index contributed by atoms with van der Waals surface area (Å²) >= 11 is 1.67. The highest BCUT2D eigenvalue weighted by Gasteiger charge is 2.31. The van der Waals surface area contributed by atoms with E-state index in [0.29, 0.717) is 25.3 Å². The van der Waals surface area contributed by atoms with Crippen molar-refractivity contribution in [3.05, 3.63) is 0 Å². The minimum Gasteiger partial charge on any atom is -0.480 e. The maximum absolute atomic E-state index is 12.4. The molecule has 0 aromatic rings. The van der Waals surface area contributed by atoms with E-state index in [1.54, 1.807) is 11.8 Å². The van der Waals surface area contributed by atoms with Crippen molar-refractivity contribution in [3.63, 3.8) is 0 Å². The molecule has 3 unspecified atom stereocenters. The maximum atomic E-state index is 12.4. The molecule has 156 valence electrons. The van der Waals surface area contributed by atoms with E-state index in [1.807, 2.05) is 20.1 Å². The predicted octanol–water partition coefficient (Wildman–Crippen LogP) is 1.60. The summed E-state index contributed by atoms with van der Waals surface area (Å²) in [4.78, 5) is 35.8. The lowest BCUT2D eigenvalue weighted by atomic mass is 9.81. The van der Waals surface area contributed by atoms with E-state index in [4.69, 9.17) is 5.73 Å². The van der Waals surface area contributed by atoms with Gasteiger partial charge in [-0.15, -0.1) is 0 Å². The van der Waals surface area contributed by atoms with Crippen LogP contribution in [0.1, 0.15) is 52.4 Å². The molecule has 0 aromatic heterocycles. The van der Waals surface area contributed by atoms with Gasteiger partial charge >= 0.3 is 5.97 Å². The van der Waals surface area contributed by atoms with E-state index in [9.17, 15) is 19.5 Å². The molecule has 1 fully saturated rings. The fourth-order valence-corrected chi connectivity index (χ4v) is 3.82. The fraction of sp³-hybridized carbons (Fsp3) is 0.842. The van der Waals surface area contributed by atoms with Gasteiger partial charge in [0, 0.05) is 12.5 Å². The Morgan fingerprint density at radius 3 is 2.37 bits per heavy atom. The van der Waals surface area contributed by atoms with E-state index < -0.39 is 18.1 Å². The molecule has 1 aliphatic rings. The Bertz CT molecular complexity index is 495. The minimum atomic E-state index is -0.980. The van der Waals surface area contributed by atoms with Crippen LogP contribution >= 0.6 is 11.8 Å². The number of carboxylic acids is 1. The SMILES string of the molecule is CCC(C)C(NC(=O)C1CCC(CNC(=O)C(N)CCSC)CC1)C(=O)O. The first kappa shape index (κ1) is 23.8. The number of amides is 2. The van der Waals surface area contributed by atoms with Crippen LogP contribution in [0, 0.1) is 17.8 Å². The van der Waals surface area contributed by atoms with Crippen LogP contribution in [-0.2, 0) is 14.4 Å². The molecule has 5 N–H and O–H groups in total. The summed E-state index contributed by atoms with van der Waals surface area (Å²) in [5.74, 6) is -0.295. The number of carbonyl (C=O) groups excluding carboxylic acids is 2. The van der Waals surface area contributed by atoms with Gasteiger partial charge in [-0.05, 0) is 55.9 Å². The highest BCUT2D eigenvalue weighted by molar-refractivity contribution is 7.98. The van der Waals surface area contributed by atoms with Crippen molar-refractivity contribution in [1.82, 2.24) is 10.6 Å². The number of rotatable bonds is 11. The van der Waals surface area contributed by atoms with E-state index in [-0.39, 0.29) is 23.7 Å². The summed E-state index contributed by atoms with van der Waals surface area (Å²) in [5.41, 5.74) is 5.86. The van der Waals surface area contributed by atoms with Gasteiger partial charge in [-0.3, -0.25) is 9.59 Å². The molecule has 27 heavy (non-hydrogen) atoms. The van der Waals surface area contributed by atoms with Gasteiger partial charge < -0.3 is 21.5 Å². The first-order chi connectivity index (χ1) is 12.8. The van der Waals surface area contributed by atoms with Crippen molar-refractivity contribution >= 4 is 29.5 Å². The van der Waals surface area contributed by atoms with Crippen molar-refractivity contribution in [2.75, 3.05) is 18.6 Å². The van der Waals surface area contributed by atoms with Crippen LogP contribution < -0.4 is 16.4 Å². The average molecular weight is 402 g/mol. The van der Waals surface area contributed by atoms with Crippen LogP contribution in [0.15, 0.2) is 0 Å². The zero-order valence-electron chi connectivity index (χ0n) is 16.7. The fourth-order valence-electron chi connectivity index (χ4n) is 3.33. The number of thioether (sulfide) groups is 1. The number of carboxylic acid groups (broad SMARTS) is 1. The summed E-state index contributed by atoms with van der Waals surface area (Å²) in [7, 11) is 0. The molecule has 3 atom stereocenters. The van der Waals surface area contributed by atoms with Gasteiger partial charge in [0.15, 0.2) is 0 Å². The van der Waals surface area contributed by atoms with E-state index in [1.165, 1.54) is 0 Å². The molecule has 8 heteroatoms. The first-order valence-electron chi connectivity index (χ1n) is 9.85. The molecule has 2 amide bonds. The summed E-state index contributed by atoms with van der Waals surface area (Å²) < 4.78 is 0. The Balaban J connectivity index is 2.37. The number of carbonyl (C=O) groups is 3. The molecule has 0 saturated heterocycles. The highest BCUT2D eigenvalue weighted by Crippen LogP contribution is 2.29. The molecule has 1 rings (SSSR count). The molecular formula is C19H35N3O4S. The Morgan fingerprint density at radius 1 is 1.22 bits per heavy atom. The number of nitrogens with one attached hydrogen (secondary N) is 2. The third-order valence-electron chi connectivity index (χ3n) is 5.53. The Labute approximate surface area is 166 Å². The molecule has 0 radical (unpaired) electrons. The minimum absolute atomic E-state index is 0.103. The van der Waals surface area contributed by atoms with Crippen LogP contribution in [0.25, 0.3) is 0 Å². The monoisotopic (exact) mass is 401 g/mol. The van der Waals surface area contributed by atoms with Gasteiger partial charge in [0.1, 0.15) is 6.04 Å². The van der Waals surface area contributed by atoms with Gasteiger partial charge in [-0.25, -0.2) is 4.79 Å². The van der Waals surface area contributed by atoms with Gasteiger partial charge in [0.2, 0.25) is 11.8 Å². The summed E-state index contributed by atoms with van der Waals surface area (Å²) in [5, 5.41) is 15.0. The summed E-state index contributed by atoms with van der Waals surface area (Å²) in [6.45, 7) is 4.34. The van der Waals surface area contributed by atoms with Crippen LogP contribution in [0.2, 0.25) is 0 Å². The zero-order chi connectivity index (χ0) is 20.4. The maximum Gasteiger partial charge on any atom is 0.326 e. The van der Waals surface area contributed by atoms with Crippen molar-refractivity contribution in [2.24, 2.45) is 23.5 Å². The summed E-state index contributed by atoms with van der Waals surface area (Å²) in [6.07, 6.45) is 6.48. The Hall–Kier alpha value is -1.28. The topological polar surface area (TPSA) is 122 Å². The van der Waals surface area contributed by atoms with Crippen LogP contribution in [0.5, 0.6) is 0 Å². The van der Waals surface area contributed by atoms with Gasteiger partial charge in [-0.1, -0.05) is 20.3 Å². The van der Waals surface area contributed by atoms with E-state index in [0.717, 1.165) is 31.4 Å². The molecular weight excluding hydrogens is 366 g/mol. The van der Waals surface area contributed by atoms with Crippen LogP contribution in [0.4, 0.5) is 0 Å². The lowest BCUT2D eigenvalue weighted by molar-refractivity contribution is -0.144. The second-order valence-corrected chi connectivity index (χ2v) is 8.55. The Morgan fingerprint density at radius 2 is 1.85 bits per heavy atom. The molecule has 1 saturated carbocycles. The van der Waals surface area contributed by atoms with Crippen molar-refractivity contribution in [1.29, 1.82) is 0 Å². The third kappa shape index (κ3) is 8.09. The second kappa shape index (κ2) is 12.2. The lowest BCUT2D eigenvalue weighted by Gasteiger charge is -2.30. The smallest absolute Gasteiger partial charge is 0.326 e. The van der Waals surface area contributed by atoms with Gasteiger partial charge in [0.25, 0.3) is 0 Å². The second-order valence-electron chi connectivity index (χ2n) is 7.56. The molecule has 7 nitrogen and oxygen atoms in total. The molecule has 0 aliphatic heterocycles. The quantitative estimate of drug-likeness (QED) is 0.417. The molecule has 0 heterocycles. The van der Waals surface area contributed by atoms with Crippen LogP contribution in [-0.4, -0.2) is 53.5 Å². The van der Waals surface area contributed by atoms with E-state index >= 15 is 0 Å². The Kier molecular flexibility index (Phi) is 10.8. The average Bonchev–Trinajstić information content (AvgIpc) is 2.67. The molecule has 1 aliphatic carbocycles. The zero-order valence-corrected chi connectivity index (χ0v) is 17.5. The number of hydrogen-bond acceptors (Lipinski definition) is 5. The van der Waals surface area contributed by atoms with E-state index in [2.05, 4.69) is 10.6 Å². The lowest BCUT2D eigenvalue weighted by Crippen LogP contribution is -2.48. The number of aliphatic carboxylic acids is 1. The van der Waals surface area contributed by atoms with Gasteiger partial charge in [0.05, 0.1) is 6.04 Å². The van der Waals surface area contributed by atoms with Crippen molar-refractivity contribution in [3.8, 4) is 0 Å². The predicted molar refractivity (Wildman–Crippen MR) is 108 cm³/mol.